The Morgan fingerprint density at radius 1 is 1.00 bits per heavy atom. The molecule has 0 aliphatic carbocycles. The standard InChI is InChI=1S/C16H15BrN2/c1-9-6-10(2)15(11(3)7-9)16-18-13-5-4-12(17)8-14(13)19-16/h4-8H,1-3H3,(H,18,19). The Balaban J connectivity index is 2.24. The molecule has 0 atom stereocenters. The number of nitrogens with zero attached hydrogens (tertiary/aromatic N) is 1. The molecule has 1 aromatic heterocycles. The number of nitrogens with one attached hydrogen (secondary N) is 1. The third-order valence-electron chi connectivity index (χ3n) is 3.36. The summed E-state index contributed by atoms with van der Waals surface area (Å²) < 4.78 is 1.06. The molecule has 19 heavy (non-hydrogen) atoms. The normalized spacial score (nSPS) is 11.2. The third-order valence-corrected chi connectivity index (χ3v) is 3.85. The quantitative estimate of drug-likeness (QED) is 0.678. The summed E-state index contributed by atoms with van der Waals surface area (Å²) in [5, 5.41) is 0. The predicted molar refractivity (Wildman–Crippen MR) is 83.4 cm³/mol. The minimum Gasteiger partial charge on any atom is -0.338 e. The highest BCUT2D eigenvalue weighted by atomic mass is 79.9. The van der Waals surface area contributed by atoms with Crippen LogP contribution in [-0.2, 0) is 0 Å². The van der Waals surface area contributed by atoms with Crippen LogP contribution in [0.4, 0.5) is 0 Å². The molecule has 96 valence electrons. The van der Waals surface area contributed by atoms with Gasteiger partial charge in [-0.25, -0.2) is 4.98 Å². The van der Waals surface area contributed by atoms with Gasteiger partial charge in [-0.05, 0) is 50.1 Å². The van der Waals surface area contributed by atoms with Gasteiger partial charge in [0.1, 0.15) is 5.82 Å². The maximum absolute atomic E-state index is 4.70. The average molecular weight is 315 g/mol. The summed E-state index contributed by atoms with van der Waals surface area (Å²) >= 11 is 3.49. The molecule has 0 saturated carbocycles. The molecule has 0 bridgehead atoms. The minimum atomic E-state index is 0.947. The number of hydrogen-bond donors (Lipinski definition) is 1. The zero-order valence-corrected chi connectivity index (χ0v) is 12.8. The van der Waals surface area contributed by atoms with Crippen molar-refractivity contribution in [2.75, 3.05) is 0 Å². The van der Waals surface area contributed by atoms with Gasteiger partial charge >= 0.3 is 0 Å². The molecule has 0 spiro atoms. The van der Waals surface area contributed by atoms with Gasteiger partial charge in [0.25, 0.3) is 0 Å². The van der Waals surface area contributed by atoms with E-state index in [9.17, 15) is 0 Å². The van der Waals surface area contributed by atoms with Gasteiger partial charge in [0.2, 0.25) is 0 Å². The lowest BCUT2D eigenvalue weighted by molar-refractivity contribution is 1.25. The fraction of sp³-hybridized carbons (Fsp3) is 0.188. The lowest BCUT2D eigenvalue weighted by Crippen LogP contribution is -1.91. The van der Waals surface area contributed by atoms with Crippen molar-refractivity contribution in [3.8, 4) is 11.4 Å². The van der Waals surface area contributed by atoms with Crippen LogP contribution in [0, 0.1) is 20.8 Å². The second-order valence-corrected chi connectivity index (χ2v) is 5.94. The first kappa shape index (κ1) is 12.4. The van der Waals surface area contributed by atoms with Gasteiger partial charge in [-0.2, -0.15) is 0 Å². The van der Waals surface area contributed by atoms with E-state index in [0.717, 1.165) is 21.3 Å². The number of aromatic amines is 1. The Morgan fingerprint density at radius 2 is 1.68 bits per heavy atom. The number of aryl methyl sites for hydroxylation is 3. The van der Waals surface area contributed by atoms with Gasteiger partial charge in [0.15, 0.2) is 0 Å². The predicted octanol–water partition coefficient (Wildman–Crippen LogP) is 4.92. The van der Waals surface area contributed by atoms with Crippen molar-refractivity contribution >= 4 is 27.0 Å². The van der Waals surface area contributed by atoms with E-state index in [-0.39, 0.29) is 0 Å². The highest BCUT2D eigenvalue weighted by molar-refractivity contribution is 9.10. The number of aromatic nitrogens is 2. The van der Waals surface area contributed by atoms with Crippen molar-refractivity contribution < 1.29 is 0 Å². The highest BCUT2D eigenvalue weighted by Gasteiger charge is 2.11. The molecule has 0 amide bonds. The SMILES string of the molecule is Cc1cc(C)c(-c2nc3ccc(Br)cc3[nH]2)c(C)c1. The van der Waals surface area contributed by atoms with Crippen LogP contribution in [0.25, 0.3) is 22.4 Å². The fourth-order valence-electron chi connectivity index (χ4n) is 2.65. The first-order valence-corrected chi connectivity index (χ1v) is 7.07. The second kappa shape index (κ2) is 4.49. The van der Waals surface area contributed by atoms with Crippen molar-refractivity contribution in [2.24, 2.45) is 0 Å². The van der Waals surface area contributed by atoms with Crippen molar-refractivity contribution in [2.45, 2.75) is 20.8 Å². The van der Waals surface area contributed by atoms with Crippen LogP contribution in [0.5, 0.6) is 0 Å². The summed E-state index contributed by atoms with van der Waals surface area (Å²) in [4.78, 5) is 8.11. The Morgan fingerprint density at radius 3 is 2.37 bits per heavy atom. The van der Waals surface area contributed by atoms with E-state index < -0.39 is 0 Å². The van der Waals surface area contributed by atoms with Crippen LogP contribution >= 0.6 is 15.9 Å². The number of hydrogen-bond acceptors (Lipinski definition) is 1. The summed E-state index contributed by atoms with van der Waals surface area (Å²) in [6.45, 7) is 6.40. The topological polar surface area (TPSA) is 28.7 Å². The molecule has 3 aromatic rings. The van der Waals surface area contributed by atoms with Crippen molar-refractivity contribution in [3.63, 3.8) is 0 Å². The molecule has 2 aromatic carbocycles. The van der Waals surface area contributed by atoms with Gasteiger partial charge in [-0.3, -0.25) is 0 Å². The van der Waals surface area contributed by atoms with E-state index in [2.05, 4.69) is 59.9 Å². The molecular weight excluding hydrogens is 300 g/mol. The van der Waals surface area contributed by atoms with Gasteiger partial charge < -0.3 is 4.98 Å². The Kier molecular flexibility index (Phi) is 2.94. The number of benzene rings is 2. The number of imidazole rings is 1. The zero-order valence-electron chi connectivity index (χ0n) is 11.2. The summed E-state index contributed by atoms with van der Waals surface area (Å²) in [5.41, 5.74) is 7.07. The molecule has 1 N–H and O–H groups in total. The number of rotatable bonds is 1. The van der Waals surface area contributed by atoms with E-state index in [4.69, 9.17) is 4.98 Å². The molecule has 0 unspecified atom stereocenters. The zero-order chi connectivity index (χ0) is 13.6. The van der Waals surface area contributed by atoms with Crippen molar-refractivity contribution in [3.05, 3.63) is 51.5 Å². The molecule has 3 rings (SSSR count). The average Bonchev–Trinajstić information content (AvgIpc) is 2.69. The third kappa shape index (κ3) is 2.19. The van der Waals surface area contributed by atoms with Crippen LogP contribution in [0.2, 0.25) is 0 Å². The van der Waals surface area contributed by atoms with Crippen LogP contribution in [0.15, 0.2) is 34.8 Å². The molecule has 0 saturated heterocycles. The maximum atomic E-state index is 4.70. The smallest absolute Gasteiger partial charge is 0.139 e. The monoisotopic (exact) mass is 314 g/mol. The van der Waals surface area contributed by atoms with Crippen LogP contribution in [-0.4, -0.2) is 9.97 Å². The van der Waals surface area contributed by atoms with E-state index in [1.165, 1.54) is 22.3 Å². The lowest BCUT2D eigenvalue weighted by atomic mass is 9.99. The van der Waals surface area contributed by atoms with Crippen molar-refractivity contribution in [1.82, 2.24) is 9.97 Å². The summed E-state index contributed by atoms with van der Waals surface area (Å²) in [7, 11) is 0. The Bertz CT molecular complexity index is 749. The van der Waals surface area contributed by atoms with Crippen molar-refractivity contribution in [1.29, 1.82) is 0 Å². The van der Waals surface area contributed by atoms with E-state index in [0.29, 0.717) is 0 Å². The first-order valence-electron chi connectivity index (χ1n) is 6.28. The van der Waals surface area contributed by atoms with Gasteiger partial charge in [0.05, 0.1) is 11.0 Å². The van der Waals surface area contributed by atoms with Crippen LogP contribution < -0.4 is 0 Å². The van der Waals surface area contributed by atoms with Gasteiger partial charge in [-0.15, -0.1) is 0 Å². The molecule has 0 fully saturated rings. The van der Waals surface area contributed by atoms with Crippen LogP contribution in [0.3, 0.4) is 0 Å². The summed E-state index contributed by atoms with van der Waals surface area (Å²) in [6, 6.07) is 10.5. The lowest BCUT2D eigenvalue weighted by Gasteiger charge is -2.08. The summed E-state index contributed by atoms with van der Waals surface area (Å²) in [6.07, 6.45) is 0. The number of halogens is 1. The maximum Gasteiger partial charge on any atom is 0.139 e. The largest absolute Gasteiger partial charge is 0.338 e. The van der Waals surface area contributed by atoms with Crippen LogP contribution in [0.1, 0.15) is 16.7 Å². The fourth-order valence-corrected chi connectivity index (χ4v) is 3.01. The first-order chi connectivity index (χ1) is 9.04. The highest BCUT2D eigenvalue weighted by Crippen LogP contribution is 2.28. The molecule has 1 heterocycles. The summed E-state index contributed by atoms with van der Waals surface area (Å²) in [5.74, 6) is 0.947. The molecule has 0 aliphatic heterocycles. The minimum absolute atomic E-state index is 0.947. The van der Waals surface area contributed by atoms with Gasteiger partial charge in [0, 0.05) is 10.0 Å². The second-order valence-electron chi connectivity index (χ2n) is 5.02. The molecule has 2 nitrogen and oxygen atoms in total. The van der Waals surface area contributed by atoms with E-state index in [1.54, 1.807) is 0 Å². The number of H-pyrrole nitrogens is 1. The van der Waals surface area contributed by atoms with E-state index in [1.807, 2.05) is 12.1 Å². The molecular formula is C16H15BrN2. The molecule has 0 radical (unpaired) electrons. The Hall–Kier alpha value is -1.61. The Labute approximate surface area is 121 Å². The van der Waals surface area contributed by atoms with Gasteiger partial charge in [-0.1, -0.05) is 33.6 Å². The van der Waals surface area contributed by atoms with E-state index >= 15 is 0 Å². The molecule has 0 aliphatic rings. The molecule has 3 heteroatoms. The number of fused-ring (bicyclic) bond motifs is 1.